The second-order valence-corrected chi connectivity index (χ2v) is 7.49. The zero-order chi connectivity index (χ0) is 19.9. The van der Waals surface area contributed by atoms with E-state index in [0.29, 0.717) is 13.0 Å². The summed E-state index contributed by atoms with van der Waals surface area (Å²) >= 11 is 0. The molecule has 0 radical (unpaired) electrons. The van der Waals surface area contributed by atoms with Crippen LogP contribution in [-0.4, -0.2) is 55.3 Å². The number of nitrogens with one attached hydrogen (secondary N) is 1. The Balaban J connectivity index is 1.60. The van der Waals surface area contributed by atoms with E-state index in [1.54, 1.807) is 7.11 Å². The predicted octanol–water partition coefficient (Wildman–Crippen LogP) is 3.68. The van der Waals surface area contributed by atoms with Crippen LogP contribution in [0.25, 0.3) is 0 Å². The minimum Gasteiger partial charge on any atom is -0.493 e. The van der Waals surface area contributed by atoms with Crippen LogP contribution in [-0.2, 0) is 6.42 Å². The number of hydrogen-bond acceptors (Lipinski definition) is 6. The average molecular weight is 385 g/mol. The van der Waals surface area contributed by atoms with Gasteiger partial charge < -0.3 is 19.7 Å². The molecular formula is C22H32N4O2. The van der Waals surface area contributed by atoms with Gasteiger partial charge in [-0.3, -0.25) is 0 Å². The van der Waals surface area contributed by atoms with Gasteiger partial charge in [-0.25, -0.2) is 9.97 Å². The van der Waals surface area contributed by atoms with Gasteiger partial charge in [0.2, 0.25) is 0 Å². The Morgan fingerprint density at radius 2 is 2.00 bits per heavy atom. The molecule has 0 amide bonds. The SMILES string of the molecule is CNc1cc(C)nc(Cc2ccc(OC)c(OCCCN(C)C3CCC3)c2)n1. The smallest absolute Gasteiger partial charge is 0.161 e. The zero-order valence-corrected chi connectivity index (χ0v) is 17.5. The number of rotatable bonds is 10. The molecule has 0 bridgehead atoms. The number of methoxy groups -OCH3 is 1. The van der Waals surface area contributed by atoms with Gasteiger partial charge in [0.25, 0.3) is 0 Å². The summed E-state index contributed by atoms with van der Waals surface area (Å²) in [6.45, 7) is 3.73. The molecule has 0 unspecified atom stereocenters. The van der Waals surface area contributed by atoms with Crippen molar-refractivity contribution in [1.29, 1.82) is 0 Å². The zero-order valence-electron chi connectivity index (χ0n) is 17.5. The molecule has 6 nitrogen and oxygen atoms in total. The highest BCUT2D eigenvalue weighted by molar-refractivity contribution is 5.44. The maximum atomic E-state index is 6.05. The molecule has 1 N–H and O–H groups in total. The first-order chi connectivity index (χ1) is 13.6. The summed E-state index contributed by atoms with van der Waals surface area (Å²) in [6, 6.07) is 8.75. The Morgan fingerprint density at radius 1 is 1.18 bits per heavy atom. The Labute approximate surface area is 168 Å². The third kappa shape index (κ3) is 5.35. The summed E-state index contributed by atoms with van der Waals surface area (Å²) < 4.78 is 11.5. The van der Waals surface area contributed by atoms with Crippen LogP contribution in [0.3, 0.4) is 0 Å². The number of aryl methyl sites for hydroxylation is 1. The fraction of sp³-hybridized carbons (Fsp3) is 0.545. The summed E-state index contributed by atoms with van der Waals surface area (Å²) in [4.78, 5) is 11.5. The topological polar surface area (TPSA) is 59.5 Å². The summed E-state index contributed by atoms with van der Waals surface area (Å²) in [5.41, 5.74) is 2.06. The van der Waals surface area contributed by atoms with Crippen LogP contribution in [0.15, 0.2) is 24.3 Å². The summed E-state index contributed by atoms with van der Waals surface area (Å²) in [7, 11) is 5.76. The number of nitrogens with zero attached hydrogens (tertiary/aromatic N) is 3. The molecule has 1 heterocycles. The van der Waals surface area contributed by atoms with Crippen LogP contribution < -0.4 is 14.8 Å². The highest BCUT2D eigenvalue weighted by Gasteiger charge is 2.21. The molecule has 1 saturated carbocycles. The Kier molecular flexibility index (Phi) is 7.09. The van der Waals surface area contributed by atoms with E-state index in [0.717, 1.165) is 53.4 Å². The molecule has 6 heteroatoms. The van der Waals surface area contributed by atoms with Crippen molar-refractivity contribution in [2.45, 2.75) is 45.1 Å². The van der Waals surface area contributed by atoms with Crippen LogP contribution in [0.2, 0.25) is 0 Å². The van der Waals surface area contributed by atoms with Crippen molar-refractivity contribution < 1.29 is 9.47 Å². The maximum absolute atomic E-state index is 6.05. The molecule has 0 aliphatic heterocycles. The molecule has 2 aromatic rings. The van der Waals surface area contributed by atoms with E-state index in [9.17, 15) is 0 Å². The summed E-state index contributed by atoms with van der Waals surface area (Å²) in [5.74, 6) is 3.18. The standard InChI is InChI=1S/C22H32N4O2/c1-16-13-21(23-2)25-22(24-16)15-17-9-10-19(27-4)20(14-17)28-12-6-11-26(3)18-7-5-8-18/h9-10,13-14,18H,5-8,11-12,15H2,1-4H3,(H,23,24,25). The lowest BCUT2D eigenvalue weighted by molar-refractivity contribution is 0.148. The second-order valence-electron chi connectivity index (χ2n) is 7.49. The van der Waals surface area contributed by atoms with Crippen LogP contribution >= 0.6 is 0 Å². The summed E-state index contributed by atoms with van der Waals surface area (Å²) in [6.07, 6.45) is 5.71. The lowest BCUT2D eigenvalue weighted by Gasteiger charge is -2.34. The molecule has 1 aromatic carbocycles. The molecule has 28 heavy (non-hydrogen) atoms. The average Bonchev–Trinajstić information content (AvgIpc) is 2.63. The number of ether oxygens (including phenoxy) is 2. The number of benzene rings is 1. The maximum Gasteiger partial charge on any atom is 0.161 e. The molecule has 0 spiro atoms. The first-order valence-electron chi connectivity index (χ1n) is 10.1. The normalized spacial score (nSPS) is 14.0. The van der Waals surface area contributed by atoms with E-state index in [4.69, 9.17) is 9.47 Å². The lowest BCUT2D eigenvalue weighted by atomic mass is 9.92. The van der Waals surface area contributed by atoms with E-state index in [1.807, 2.05) is 38.2 Å². The summed E-state index contributed by atoms with van der Waals surface area (Å²) in [5, 5.41) is 3.08. The Bertz CT molecular complexity index is 777. The highest BCUT2D eigenvalue weighted by Crippen LogP contribution is 2.29. The van der Waals surface area contributed by atoms with Gasteiger partial charge in [0.15, 0.2) is 11.5 Å². The second kappa shape index (κ2) is 9.73. The monoisotopic (exact) mass is 384 g/mol. The first kappa shape index (κ1) is 20.4. The van der Waals surface area contributed by atoms with Crippen molar-refractivity contribution in [1.82, 2.24) is 14.9 Å². The van der Waals surface area contributed by atoms with Crippen molar-refractivity contribution in [3.63, 3.8) is 0 Å². The van der Waals surface area contributed by atoms with E-state index in [2.05, 4.69) is 27.2 Å². The highest BCUT2D eigenvalue weighted by atomic mass is 16.5. The lowest BCUT2D eigenvalue weighted by Crippen LogP contribution is -2.38. The number of aromatic nitrogens is 2. The quantitative estimate of drug-likeness (QED) is 0.631. The first-order valence-corrected chi connectivity index (χ1v) is 10.1. The molecule has 0 atom stereocenters. The molecule has 1 aliphatic carbocycles. The van der Waals surface area contributed by atoms with Gasteiger partial charge >= 0.3 is 0 Å². The van der Waals surface area contributed by atoms with Crippen molar-refractivity contribution in [3.05, 3.63) is 41.3 Å². The molecular weight excluding hydrogens is 352 g/mol. The molecule has 1 fully saturated rings. The van der Waals surface area contributed by atoms with Crippen LogP contribution in [0, 0.1) is 6.92 Å². The van der Waals surface area contributed by atoms with Gasteiger partial charge in [0.05, 0.1) is 13.7 Å². The van der Waals surface area contributed by atoms with Crippen molar-refractivity contribution in [3.8, 4) is 11.5 Å². The molecule has 152 valence electrons. The third-order valence-electron chi connectivity index (χ3n) is 5.36. The van der Waals surface area contributed by atoms with Crippen molar-refractivity contribution in [2.24, 2.45) is 0 Å². The van der Waals surface area contributed by atoms with E-state index in [1.165, 1.54) is 19.3 Å². The third-order valence-corrected chi connectivity index (χ3v) is 5.36. The van der Waals surface area contributed by atoms with E-state index >= 15 is 0 Å². The Hall–Kier alpha value is -2.34. The molecule has 0 saturated heterocycles. The van der Waals surface area contributed by atoms with Crippen molar-refractivity contribution >= 4 is 5.82 Å². The predicted molar refractivity (Wildman–Crippen MR) is 112 cm³/mol. The molecule has 1 aliphatic rings. The Morgan fingerprint density at radius 3 is 2.68 bits per heavy atom. The van der Waals surface area contributed by atoms with E-state index in [-0.39, 0.29) is 0 Å². The van der Waals surface area contributed by atoms with Crippen LogP contribution in [0.4, 0.5) is 5.82 Å². The molecule has 1 aromatic heterocycles. The largest absolute Gasteiger partial charge is 0.493 e. The number of anilines is 1. The van der Waals surface area contributed by atoms with Crippen LogP contribution in [0.5, 0.6) is 11.5 Å². The van der Waals surface area contributed by atoms with Gasteiger partial charge in [0, 0.05) is 37.8 Å². The van der Waals surface area contributed by atoms with Crippen molar-refractivity contribution in [2.75, 3.05) is 39.7 Å². The van der Waals surface area contributed by atoms with Gasteiger partial charge in [-0.1, -0.05) is 12.5 Å². The minimum absolute atomic E-state index is 0.654. The van der Waals surface area contributed by atoms with Gasteiger partial charge in [-0.05, 0) is 50.9 Å². The van der Waals surface area contributed by atoms with Gasteiger partial charge in [-0.15, -0.1) is 0 Å². The fourth-order valence-corrected chi connectivity index (χ4v) is 3.47. The van der Waals surface area contributed by atoms with Gasteiger partial charge in [-0.2, -0.15) is 0 Å². The van der Waals surface area contributed by atoms with E-state index < -0.39 is 0 Å². The van der Waals surface area contributed by atoms with Crippen LogP contribution in [0.1, 0.15) is 42.8 Å². The fourth-order valence-electron chi connectivity index (χ4n) is 3.47. The number of hydrogen-bond donors (Lipinski definition) is 1. The minimum atomic E-state index is 0.654. The van der Waals surface area contributed by atoms with Gasteiger partial charge in [0.1, 0.15) is 11.6 Å². The molecule has 3 rings (SSSR count).